The molecule has 1 atom stereocenters. The van der Waals surface area contributed by atoms with Crippen LogP contribution in [0.3, 0.4) is 0 Å². The lowest BCUT2D eigenvalue weighted by molar-refractivity contribution is 0.0525. The van der Waals surface area contributed by atoms with Crippen molar-refractivity contribution >= 4 is 11.7 Å². The second-order valence-corrected chi connectivity index (χ2v) is 4.64. The molecule has 0 fully saturated rings. The highest BCUT2D eigenvalue weighted by atomic mass is 16.5. The van der Waals surface area contributed by atoms with Crippen LogP contribution in [0.1, 0.15) is 35.9 Å². The summed E-state index contributed by atoms with van der Waals surface area (Å²) in [5.41, 5.74) is 7.88. The molecule has 0 radical (unpaired) electrons. The van der Waals surface area contributed by atoms with E-state index in [0.717, 1.165) is 5.56 Å². The Kier molecular flexibility index (Phi) is 4.82. The van der Waals surface area contributed by atoms with Crippen molar-refractivity contribution in [3.05, 3.63) is 59.7 Å². The molecule has 2 rings (SSSR count). The zero-order valence-corrected chi connectivity index (χ0v) is 12.2. The van der Waals surface area contributed by atoms with E-state index < -0.39 is 0 Å². The number of hydrogen-bond donors (Lipinski definition) is 1. The number of hydrogen-bond acceptors (Lipinski definition) is 4. The van der Waals surface area contributed by atoms with Gasteiger partial charge in [0.2, 0.25) is 0 Å². The number of nitrogens with two attached hydrogens (primary N) is 1. The molecule has 0 saturated heterocycles. The number of carbonyl (C=O) groups excluding carboxylic acids is 1. The first-order valence-electron chi connectivity index (χ1n) is 6.90. The molecule has 0 aromatic heterocycles. The van der Waals surface area contributed by atoms with E-state index in [0.29, 0.717) is 23.6 Å². The molecule has 4 nitrogen and oxygen atoms in total. The maximum atomic E-state index is 11.7. The van der Waals surface area contributed by atoms with Gasteiger partial charge in [0.15, 0.2) is 0 Å². The molecule has 21 heavy (non-hydrogen) atoms. The predicted octanol–water partition coefficient (Wildman–Crippen LogP) is 3.59. The molecule has 1 unspecified atom stereocenters. The van der Waals surface area contributed by atoms with E-state index >= 15 is 0 Å². The van der Waals surface area contributed by atoms with Gasteiger partial charge in [-0.05, 0) is 37.6 Å². The van der Waals surface area contributed by atoms with Crippen LogP contribution < -0.4 is 10.5 Å². The van der Waals surface area contributed by atoms with Crippen LogP contribution in [0.5, 0.6) is 5.75 Å². The van der Waals surface area contributed by atoms with Gasteiger partial charge in [0, 0.05) is 0 Å². The first-order chi connectivity index (χ1) is 10.1. The summed E-state index contributed by atoms with van der Waals surface area (Å²) < 4.78 is 10.8. The first kappa shape index (κ1) is 14.9. The smallest absolute Gasteiger partial charge is 0.338 e. The molecule has 110 valence electrons. The topological polar surface area (TPSA) is 61.5 Å². The summed E-state index contributed by atoms with van der Waals surface area (Å²) in [7, 11) is 0. The zero-order chi connectivity index (χ0) is 15.2. The quantitative estimate of drug-likeness (QED) is 0.673. The van der Waals surface area contributed by atoms with Gasteiger partial charge in [0.1, 0.15) is 11.9 Å². The van der Waals surface area contributed by atoms with E-state index in [4.69, 9.17) is 15.2 Å². The van der Waals surface area contributed by atoms with E-state index in [1.807, 2.05) is 37.3 Å². The molecular formula is C17H19NO3. The van der Waals surface area contributed by atoms with Crippen LogP contribution in [0.2, 0.25) is 0 Å². The number of anilines is 1. The Labute approximate surface area is 124 Å². The fourth-order valence-electron chi connectivity index (χ4n) is 1.96. The average molecular weight is 285 g/mol. The van der Waals surface area contributed by atoms with Crippen LogP contribution in [0.25, 0.3) is 0 Å². The van der Waals surface area contributed by atoms with Crippen molar-refractivity contribution in [1.82, 2.24) is 0 Å². The van der Waals surface area contributed by atoms with Crippen LogP contribution >= 0.6 is 0 Å². The highest BCUT2D eigenvalue weighted by Gasteiger charge is 2.13. The molecule has 0 saturated carbocycles. The van der Waals surface area contributed by atoms with Gasteiger partial charge < -0.3 is 15.2 Å². The van der Waals surface area contributed by atoms with Gasteiger partial charge in [0.25, 0.3) is 0 Å². The van der Waals surface area contributed by atoms with Gasteiger partial charge in [0.05, 0.1) is 17.9 Å². The fraction of sp³-hybridized carbons (Fsp3) is 0.235. The van der Waals surface area contributed by atoms with Gasteiger partial charge in [-0.25, -0.2) is 4.79 Å². The van der Waals surface area contributed by atoms with Crippen LogP contribution in [-0.4, -0.2) is 12.6 Å². The molecule has 0 heterocycles. The molecule has 0 aliphatic carbocycles. The van der Waals surface area contributed by atoms with E-state index in [9.17, 15) is 4.79 Å². The number of esters is 1. The van der Waals surface area contributed by atoms with Crippen LogP contribution in [0.4, 0.5) is 5.69 Å². The third kappa shape index (κ3) is 3.75. The van der Waals surface area contributed by atoms with Gasteiger partial charge in [-0.15, -0.1) is 0 Å². The molecule has 4 heteroatoms. The monoisotopic (exact) mass is 285 g/mol. The van der Waals surface area contributed by atoms with Crippen LogP contribution in [0.15, 0.2) is 48.5 Å². The summed E-state index contributed by atoms with van der Waals surface area (Å²) in [6, 6.07) is 14.7. The minimum Gasteiger partial charge on any atom is -0.484 e. The molecule has 0 spiro atoms. The third-order valence-electron chi connectivity index (χ3n) is 3.10. The highest BCUT2D eigenvalue weighted by Crippen LogP contribution is 2.28. The second-order valence-electron chi connectivity index (χ2n) is 4.64. The standard InChI is InChI=1S/C17H19NO3/c1-3-20-17(19)14-9-10-15(18)16(11-14)21-12(2)13-7-5-4-6-8-13/h4-12H,3,18H2,1-2H3. The Morgan fingerprint density at radius 1 is 1.19 bits per heavy atom. The maximum absolute atomic E-state index is 11.7. The maximum Gasteiger partial charge on any atom is 0.338 e. The Morgan fingerprint density at radius 3 is 2.57 bits per heavy atom. The van der Waals surface area contributed by atoms with Crippen molar-refractivity contribution in [3.8, 4) is 5.75 Å². The number of carbonyl (C=O) groups is 1. The Morgan fingerprint density at radius 2 is 1.90 bits per heavy atom. The zero-order valence-electron chi connectivity index (χ0n) is 12.2. The first-order valence-corrected chi connectivity index (χ1v) is 6.90. The molecule has 2 aromatic carbocycles. The normalized spacial score (nSPS) is 11.7. The van der Waals surface area contributed by atoms with Crippen molar-refractivity contribution in [3.63, 3.8) is 0 Å². The summed E-state index contributed by atoms with van der Waals surface area (Å²) >= 11 is 0. The van der Waals surface area contributed by atoms with Gasteiger partial charge in [-0.3, -0.25) is 0 Å². The molecule has 2 N–H and O–H groups in total. The van der Waals surface area contributed by atoms with Crippen molar-refractivity contribution in [2.75, 3.05) is 12.3 Å². The van der Waals surface area contributed by atoms with Crippen molar-refractivity contribution in [2.24, 2.45) is 0 Å². The fourth-order valence-corrected chi connectivity index (χ4v) is 1.96. The molecule has 2 aromatic rings. The van der Waals surface area contributed by atoms with Crippen LogP contribution in [-0.2, 0) is 4.74 Å². The Hall–Kier alpha value is -2.49. The van der Waals surface area contributed by atoms with Crippen LogP contribution in [0, 0.1) is 0 Å². The number of benzene rings is 2. The lowest BCUT2D eigenvalue weighted by atomic mass is 10.1. The van der Waals surface area contributed by atoms with E-state index in [1.165, 1.54) is 0 Å². The highest BCUT2D eigenvalue weighted by molar-refractivity contribution is 5.90. The van der Waals surface area contributed by atoms with E-state index in [-0.39, 0.29) is 12.1 Å². The lowest BCUT2D eigenvalue weighted by Gasteiger charge is -2.17. The molecule has 0 bridgehead atoms. The lowest BCUT2D eigenvalue weighted by Crippen LogP contribution is -2.08. The van der Waals surface area contributed by atoms with Crippen molar-refractivity contribution < 1.29 is 14.3 Å². The number of ether oxygens (including phenoxy) is 2. The molecule has 0 amide bonds. The summed E-state index contributed by atoms with van der Waals surface area (Å²) in [6.45, 7) is 4.04. The molecule has 0 aliphatic rings. The number of nitrogen functional groups attached to an aromatic ring is 1. The predicted molar refractivity (Wildman–Crippen MR) is 82.3 cm³/mol. The minimum atomic E-state index is -0.380. The summed E-state index contributed by atoms with van der Waals surface area (Å²) in [6.07, 6.45) is -0.161. The largest absolute Gasteiger partial charge is 0.484 e. The summed E-state index contributed by atoms with van der Waals surface area (Å²) in [4.78, 5) is 11.7. The average Bonchev–Trinajstić information content (AvgIpc) is 2.50. The Bertz CT molecular complexity index is 611. The third-order valence-corrected chi connectivity index (χ3v) is 3.10. The Balaban J connectivity index is 2.19. The summed E-state index contributed by atoms with van der Waals surface area (Å²) in [5.74, 6) is 0.103. The van der Waals surface area contributed by atoms with E-state index in [1.54, 1.807) is 25.1 Å². The number of rotatable bonds is 5. The second kappa shape index (κ2) is 6.79. The van der Waals surface area contributed by atoms with Crippen molar-refractivity contribution in [1.29, 1.82) is 0 Å². The van der Waals surface area contributed by atoms with Gasteiger partial charge in [-0.2, -0.15) is 0 Å². The SMILES string of the molecule is CCOC(=O)c1ccc(N)c(OC(C)c2ccccc2)c1. The molecular weight excluding hydrogens is 266 g/mol. The molecule has 0 aliphatic heterocycles. The van der Waals surface area contributed by atoms with Crippen molar-refractivity contribution in [2.45, 2.75) is 20.0 Å². The van der Waals surface area contributed by atoms with Gasteiger partial charge >= 0.3 is 5.97 Å². The minimum absolute atomic E-state index is 0.161. The summed E-state index contributed by atoms with van der Waals surface area (Å²) in [5, 5.41) is 0. The van der Waals surface area contributed by atoms with Gasteiger partial charge in [-0.1, -0.05) is 30.3 Å². The van der Waals surface area contributed by atoms with E-state index in [2.05, 4.69) is 0 Å².